The molecular formula is C13H16F3NO2. The highest BCUT2D eigenvalue weighted by Crippen LogP contribution is 2.16. The molecule has 19 heavy (non-hydrogen) atoms. The van der Waals surface area contributed by atoms with Gasteiger partial charge in [-0.25, -0.2) is 4.79 Å². The fraction of sp³-hybridized carbons (Fsp3) is 0.462. The number of rotatable bonds is 5. The van der Waals surface area contributed by atoms with Crippen LogP contribution in [0.25, 0.3) is 0 Å². The summed E-state index contributed by atoms with van der Waals surface area (Å²) in [4.78, 5) is 11.1. The molecule has 1 rings (SSSR count). The lowest BCUT2D eigenvalue weighted by atomic mass is 10.1. The van der Waals surface area contributed by atoms with E-state index in [1.807, 2.05) is 12.1 Å². The fourth-order valence-electron chi connectivity index (χ4n) is 1.44. The van der Waals surface area contributed by atoms with Crippen molar-refractivity contribution in [3.63, 3.8) is 0 Å². The topological polar surface area (TPSA) is 38.3 Å². The predicted molar refractivity (Wildman–Crippen MR) is 66.1 cm³/mol. The highest BCUT2D eigenvalue weighted by molar-refractivity contribution is 5.84. The van der Waals surface area contributed by atoms with E-state index in [2.05, 4.69) is 17.0 Å². The normalized spacial score (nSPS) is 11.2. The number of ether oxygens (including phenoxy) is 1. The summed E-state index contributed by atoms with van der Waals surface area (Å²) >= 11 is 0. The molecule has 6 heteroatoms. The molecule has 106 valence electrons. The molecule has 0 fully saturated rings. The Morgan fingerprint density at radius 1 is 1.26 bits per heavy atom. The van der Waals surface area contributed by atoms with Gasteiger partial charge in [-0.05, 0) is 30.5 Å². The number of carbonyl (C=O) groups is 1. The lowest BCUT2D eigenvalue weighted by Gasteiger charge is -2.09. The number of hydrogen-bond donors (Lipinski definition) is 1. The van der Waals surface area contributed by atoms with E-state index >= 15 is 0 Å². The van der Waals surface area contributed by atoms with Crippen LogP contribution in [0, 0.1) is 0 Å². The predicted octanol–water partition coefficient (Wildman–Crippen LogP) is 4.14. The molecule has 1 aromatic rings. The van der Waals surface area contributed by atoms with Crippen molar-refractivity contribution in [3.8, 4) is 0 Å². The second-order valence-corrected chi connectivity index (χ2v) is 4.12. The van der Waals surface area contributed by atoms with Crippen molar-refractivity contribution < 1.29 is 22.7 Å². The highest BCUT2D eigenvalue weighted by atomic mass is 19.4. The van der Waals surface area contributed by atoms with E-state index < -0.39 is 18.9 Å². The molecule has 0 atom stereocenters. The number of alkyl halides is 3. The first-order chi connectivity index (χ1) is 8.90. The van der Waals surface area contributed by atoms with Crippen LogP contribution in [0.2, 0.25) is 0 Å². The molecule has 0 aliphatic heterocycles. The monoisotopic (exact) mass is 275 g/mol. The Bertz CT molecular complexity index is 401. The molecule has 0 aromatic heterocycles. The summed E-state index contributed by atoms with van der Waals surface area (Å²) < 4.78 is 39.5. The van der Waals surface area contributed by atoms with Gasteiger partial charge in [0.15, 0.2) is 6.61 Å². The number of unbranched alkanes of at least 4 members (excludes halogenated alkanes) is 1. The van der Waals surface area contributed by atoms with Crippen LogP contribution in [0.4, 0.5) is 23.7 Å². The first-order valence-corrected chi connectivity index (χ1v) is 6.00. The quantitative estimate of drug-likeness (QED) is 0.877. The van der Waals surface area contributed by atoms with E-state index in [1.54, 1.807) is 12.1 Å². The van der Waals surface area contributed by atoms with Crippen molar-refractivity contribution >= 4 is 11.8 Å². The van der Waals surface area contributed by atoms with E-state index in [4.69, 9.17) is 0 Å². The van der Waals surface area contributed by atoms with Gasteiger partial charge in [-0.1, -0.05) is 25.5 Å². The van der Waals surface area contributed by atoms with Crippen molar-refractivity contribution in [2.75, 3.05) is 11.9 Å². The molecule has 0 spiro atoms. The van der Waals surface area contributed by atoms with E-state index in [0.29, 0.717) is 5.69 Å². The summed E-state index contributed by atoms with van der Waals surface area (Å²) in [6.07, 6.45) is -2.53. The minimum absolute atomic E-state index is 0.410. The van der Waals surface area contributed by atoms with Crippen molar-refractivity contribution in [1.82, 2.24) is 0 Å². The fourth-order valence-corrected chi connectivity index (χ4v) is 1.44. The lowest BCUT2D eigenvalue weighted by Crippen LogP contribution is -2.23. The molecule has 0 aliphatic carbocycles. The molecule has 0 bridgehead atoms. The van der Waals surface area contributed by atoms with Crippen molar-refractivity contribution in [2.45, 2.75) is 32.4 Å². The first-order valence-electron chi connectivity index (χ1n) is 6.00. The number of benzene rings is 1. The molecule has 1 N–H and O–H groups in total. The molecule has 0 radical (unpaired) electrons. The number of anilines is 1. The minimum atomic E-state index is -4.51. The van der Waals surface area contributed by atoms with Gasteiger partial charge in [0.1, 0.15) is 0 Å². The van der Waals surface area contributed by atoms with Crippen LogP contribution in [-0.4, -0.2) is 18.9 Å². The van der Waals surface area contributed by atoms with Gasteiger partial charge in [-0.3, -0.25) is 5.32 Å². The van der Waals surface area contributed by atoms with Crippen LogP contribution in [-0.2, 0) is 11.2 Å². The number of amides is 1. The molecular weight excluding hydrogens is 259 g/mol. The zero-order valence-corrected chi connectivity index (χ0v) is 10.6. The molecule has 0 aliphatic rings. The SMILES string of the molecule is CCCCc1ccc(NC(=O)OCC(F)(F)F)cc1. The van der Waals surface area contributed by atoms with Gasteiger partial charge >= 0.3 is 12.3 Å². The largest absolute Gasteiger partial charge is 0.440 e. The number of carbonyl (C=O) groups excluding carboxylic acids is 1. The number of halogens is 3. The number of nitrogens with one attached hydrogen (secondary N) is 1. The van der Waals surface area contributed by atoms with Gasteiger partial charge in [-0.15, -0.1) is 0 Å². The third-order valence-corrected chi connectivity index (χ3v) is 2.39. The van der Waals surface area contributed by atoms with Crippen LogP contribution in [0.3, 0.4) is 0 Å². The minimum Gasteiger partial charge on any atom is -0.440 e. The summed E-state index contributed by atoms with van der Waals surface area (Å²) in [5.74, 6) is 0. The van der Waals surface area contributed by atoms with Gasteiger partial charge in [0.05, 0.1) is 0 Å². The number of hydrogen-bond acceptors (Lipinski definition) is 2. The highest BCUT2D eigenvalue weighted by Gasteiger charge is 2.29. The Hall–Kier alpha value is -1.72. The number of aryl methyl sites for hydroxylation is 1. The Balaban J connectivity index is 2.42. The maximum atomic E-state index is 11.8. The summed E-state index contributed by atoms with van der Waals surface area (Å²) in [5, 5.41) is 2.24. The average molecular weight is 275 g/mol. The zero-order chi connectivity index (χ0) is 14.3. The van der Waals surface area contributed by atoms with E-state index in [1.165, 1.54) is 0 Å². The molecule has 0 saturated heterocycles. The van der Waals surface area contributed by atoms with E-state index in [-0.39, 0.29) is 0 Å². The van der Waals surface area contributed by atoms with E-state index in [0.717, 1.165) is 24.8 Å². The maximum Gasteiger partial charge on any atom is 0.422 e. The Kier molecular flexibility index (Phi) is 5.66. The van der Waals surface area contributed by atoms with Crippen molar-refractivity contribution in [3.05, 3.63) is 29.8 Å². The third-order valence-electron chi connectivity index (χ3n) is 2.39. The van der Waals surface area contributed by atoms with Crippen LogP contribution in [0.5, 0.6) is 0 Å². The van der Waals surface area contributed by atoms with Crippen molar-refractivity contribution in [2.24, 2.45) is 0 Å². The van der Waals surface area contributed by atoms with Gasteiger partial charge < -0.3 is 4.74 Å². The van der Waals surface area contributed by atoms with Gasteiger partial charge in [0.25, 0.3) is 0 Å². The lowest BCUT2D eigenvalue weighted by molar-refractivity contribution is -0.159. The van der Waals surface area contributed by atoms with Crippen LogP contribution in [0.1, 0.15) is 25.3 Å². The molecule has 0 saturated carbocycles. The summed E-state index contributed by atoms with van der Waals surface area (Å²) in [6.45, 7) is 0.500. The molecule has 3 nitrogen and oxygen atoms in total. The third kappa shape index (κ3) is 6.69. The van der Waals surface area contributed by atoms with Crippen LogP contribution < -0.4 is 5.32 Å². The van der Waals surface area contributed by atoms with Gasteiger partial charge in [0.2, 0.25) is 0 Å². The van der Waals surface area contributed by atoms with Crippen molar-refractivity contribution in [1.29, 1.82) is 0 Å². The Morgan fingerprint density at radius 3 is 2.42 bits per heavy atom. The van der Waals surface area contributed by atoms with Crippen LogP contribution in [0.15, 0.2) is 24.3 Å². The first kappa shape index (κ1) is 15.3. The Morgan fingerprint density at radius 2 is 1.89 bits per heavy atom. The summed E-state index contributed by atoms with van der Waals surface area (Å²) in [5.41, 5.74) is 1.53. The molecule has 0 heterocycles. The average Bonchev–Trinajstić information content (AvgIpc) is 2.35. The molecule has 1 aromatic carbocycles. The second-order valence-electron chi connectivity index (χ2n) is 4.12. The molecule has 1 amide bonds. The van der Waals surface area contributed by atoms with Gasteiger partial charge in [0, 0.05) is 5.69 Å². The second kappa shape index (κ2) is 7.01. The Labute approximate surface area is 109 Å². The maximum absolute atomic E-state index is 11.8. The zero-order valence-electron chi connectivity index (χ0n) is 10.6. The smallest absolute Gasteiger partial charge is 0.422 e. The van der Waals surface area contributed by atoms with Gasteiger partial charge in [-0.2, -0.15) is 13.2 Å². The summed E-state index contributed by atoms with van der Waals surface area (Å²) in [6, 6.07) is 6.93. The molecule has 0 unspecified atom stereocenters. The summed E-state index contributed by atoms with van der Waals surface area (Å²) in [7, 11) is 0. The van der Waals surface area contributed by atoms with E-state index in [9.17, 15) is 18.0 Å². The standard InChI is InChI=1S/C13H16F3NO2/c1-2-3-4-10-5-7-11(8-6-10)17-12(18)19-9-13(14,15)16/h5-8H,2-4,9H2,1H3,(H,17,18). The van der Waals surface area contributed by atoms with Crippen LogP contribution >= 0.6 is 0 Å².